The zero-order chi connectivity index (χ0) is 39.1. The van der Waals surface area contributed by atoms with Crippen LogP contribution in [0.3, 0.4) is 0 Å². The molecule has 0 saturated heterocycles. The fourth-order valence-corrected chi connectivity index (χ4v) is 6.58. The van der Waals surface area contributed by atoms with E-state index in [1.54, 1.807) is 11.8 Å². The lowest BCUT2D eigenvalue weighted by molar-refractivity contribution is -0.120. The second-order valence-corrected chi connectivity index (χ2v) is 15.1. The summed E-state index contributed by atoms with van der Waals surface area (Å²) < 4.78 is 6.43. The summed E-state index contributed by atoms with van der Waals surface area (Å²) in [5.74, 6) is 0.972. The van der Waals surface area contributed by atoms with Gasteiger partial charge in [-0.3, -0.25) is 9.79 Å². The zero-order valence-corrected chi connectivity index (χ0v) is 35.4. The largest absolute Gasteiger partial charge is 0.493 e. The van der Waals surface area contributed by atoms with E-state index < -0.39 is 0 Å². The van der Waals surface area contributed by atoms with Crippen LogP contribution in [0.4, 0.5) is 5.69 Å². The first-order valence-corrected chi connectivity index (χ1v) is 21.0. The van der Waals surface area contributed by atoms with Crippen LogP contribution < -0.4 is 15.4 Å². The van der Waals surface area contributed by atoms with Gasteiger partial charge in [-0.2, -0.15) is 0 Å². The lowest BCUT2D eigenvalue weighted by Gasteiger charge is -2.26. The lowest BCUT2D eigenvalue weighted by Crippen LogP contribution is -2.26. The average molecular weight is 743 g/mol. The van der Waals surface area contributed by atoms with Crippen molar-refractivity contribution in [2.24, 2.45) is 4.99 Å². The minimum absolute atomic E-state index is 0.0821. The van der Waals surface area contributed by atoms with Crippen LogP contribution in [0.15, 0.2) is 83.2 Å². The van der Waals surface area contributed by atoms with E-state index in [2.05, 4.69) is 104 Å². The number of carbonyl (C=O) groups is 1. The average Bonchev–Trinajstić information content (AvgIpc) is 3.18. The monoisotopic (exact) mass is 743 g/mol. The van der Waals surface area contributed by atoms with Crippen molar-refractivity contribution >= 4 is 34.2 Å². The molecule has 6 nitrogen and oxygen atoms in total. The SMILES string of the molecule is C=C(c1ccc(C(C)(C)CC)cc1)N(C)C(=NC)Sc1ccc(CNc2ccc(CC(=O)NCCCCCC)cc2)c(OCCCCCCC)c1.CC. The smallest absolute Gasteiger partial charge is 0.224 e. The molecule has 2 N–H and O–H groups in total. The first-order chi connectivity index (χ1) is 25.6. The molecule has 0 aliphatic carbocycles. The van der Waals surface area contributed by atoms with Crippen molar-refractivity contribution < 1.29 is 9.53 Å². The molecule has 292 valence electrons. The summed E-state index contributed by atoms with van der Waals surface area (Å²) >= 11 is 1.61. The minimum atomic E-state index is 0.0821. The third kappa shape index (κ3) is 16.1. The van der Waals surface area contributed by atoms with Crippen LogP contribution in [0.2, 0.25) is 0 Å². The zero-order valence-electron chi connectivity index (χ0n) is 34.6. The van der Waals surface area contributed by atoms with Gasteiger partial charge in [0.1, 0.15) is 5.75 Å². The maximum atomic E-state index is 12.4. The number of nitrogens with zero attached hydrogens (tertiary/aromatic N) is 2. The van der Waals surface area contributed by atoms with Crippen LogP contribution >= 0.6 is 11.8 Å². The van der Waals surface area contributed by atoms with E-state index in [0.717, 1.165) is 69.7 Å². The van der Waals surface area contributed by atoms with Gasteiger partial charge in [-0.15, -0.1) is 0 Å². The topological polar surface area (TPSA) is 66.0 Å². The number of nitrogens with one attached hydrogen (secondary N) is 2. The fourth-order valence-electron chi connectivity index (χ4n) is 5.73. The molecular weight excluding hydrogens is 673 g/mol. The summed E-state index contributed by atoms with van der Waals surface area (Å²) in [6.45, 7) is 21.7. The number of unbranched alkanes of at least 4 members (excludes halogenated alkanes) is 7. The quantitative estimate of drug-likeness (QED) is 0.0464. The van der Waals surface area contributed by atoms with Crippen molar-refractivity contribution in [2.75, 3.05) is 32.6 Å². The summed E-state index contributed by atoms with van der Waals surface area (Å²) in [5, 5.41) is 7.47. The molecule has 1 amide bonds. The van der Waals surface area contributed by atoms with Gasteiger partial charge in [-0.25, -0.2) is 0 Å². The molecular formula is C46H70N4O2S. The Balaban J connectivity index is 0.00000477. The van der Waals surface area contributed by atoms with E-state index >= 15 is 0 Å². The molecule has 0 bridgehead atoms. The van der Waals surface area contributed by atoms with E-state index in [4.69, 9.17) is 4.74 Å². The molecule has 0 aromatic heterocycles. The van der Waals surface area contributed by atoms with Gasteiger partial charge in [0.25, 0.3) is 0 Å². The lowest BCUT2D eigenvalue weighted by atomic mass is 9.82. The third-order valence-corrected chi connectivity index (χ3v) is 10.8. The predicted molar refractivity (Wildman–Crippen MR) is 232 cm³/mol. The van der Waals surface area contributed by atoms with Crippen LogP contribution in [0.25, 0.3) is 5.70 Å². The van der Waals surface area contributed by atoms with Crippen LogP contribution in [0.5, 0.6) is 5.75 Å². The molecule has 0 fully saturated rings. The Morgan fingerprint density at radius 3 is 2.13 bits per heavy atom. The van der Waals surface area contributed by atoms with Gasteiger partial charge in [0.05, 0.1) is 13.0 Å². The number of anilines is 1. The highest BCUT2D eigenvalue weighted by Gasteiger charge is 2.19. The molecule has 7 heteroatoms. The summed E-state index contributed by atoms with van der Waals surface area (Å²) in [5.41, 5.74) is 6.58. The number of aliphatic imine (C=N–C) groups is 1. The van der Waals surface area contributed by atoms with Crippen LogP contribution in [-0.2, 0) is 23.2 Å². The van der Waals surface area contributed by atoms with Crippen LogP contribution in [-0.4, -0.2) is 43.2 Å². The Kier molecular flexibility index (Phi) is 21.7. The van der Waals surface area contributed by atoms with E-state index in [-0.39, 0.29) is 11.3 Å². The summed E-state index contributed by atoms with van der Waals surface area (Å²) in [6, 6.07) is 23.4. The van der Waals surface area contributed by atoms with Crippen molar-refractivity contribution in [3.05, 3.63) is 95.6 Å². The minimum Gasteiger partial charge on any atom is -0.493 e. The number of amides is 1. The van der Waals surface area contributed by atoms with Crippen molar-refractivity contribution in [3.63, 3.8) is 0 Å². The van der Waals surface area contributed by atoms with E-state index in [9.17, 15) is 4.79 Å². The van der Waals surface area contributed by atoms with Gasteiger partial charge >= 0.3 is 0 Å². The Morgan fingerprint density at radius 1 is 0.868 bits per heavy atom. The normalized spacial score (nSPS) is 11.4. The number of thioether (sulfide) groups is 1. The molecule has 0 atom stereocenters. The third-order valence-electron chi connectivity index (χ3n) is 9.67. The predicted octanol–water partition coefficient (Wildman–Crippen LogP) is 12.3. The Labute approximate surface area is 327 Å². The second kappa shape index (κ2) is 25.3. The Hall–Kier alpha value is -3.71. The summed E-state index contributed by atoms with van der Waals surface area (Å²) in [6.07, 6.45) is 12.1. The van der Waals surface area contributed by atoms with Crippen molar-refractivity contribution in [1.29, 1.82) is 0 Å². The molecule has 0 heterocycles. The molecule has 0 saturated carbocycles. The molecule has 53 heavy (non-hydrogen) atoms. The molecule has 0 radical (unpaired) electrons. The maximum absolute atomic E-state index is 12.4. The Bertz CT molecular complexity index is 1520. The summed E-state index contributed by atoms with van der Waals surface area (Å²) in [4.78, 5) is 20.2. The number of carbonyl (C=O) groups excluding carboxylic acids is 1. The number of amidine groups is 1. The Morgan fingerprint density at radius 2 is 1.51 bits per heavy atom. The molecule has 0 spiro atoms. The van der Waals surface area contributed by atoms with Crippen molar-refractivity contribution in [3.8, 4) is 5.75 Å². The number of rotatable bonds is 22. The van der Waals surface area contributed by atoms with E-state index in [1.807, 2.05) is 52.2 Å². The van der Waals surface area contributed by atoms with Crippen molar-refractivity contribution in [1.82, 2.24) is 10.2 Å². The number of benzene rings is 3. The first-order valence-electron chi connectivity index (χ1n) is 20.1. The van der Waals surface area contributed by atoms with Gasteiger partial charge in [-0.1, -0.05) is 154 Å². The van der Waals surface area contributed by atoms with Gasteiger partial charge in [-0.05, 0) is 65.6 Å². The first kappa shape index (κ1) is 45.4. The maximum Gasteiger partial charge on any atom is 0.224 e. The highest BCUT2D eigenvalue weighted by Crippen LogP contribution is 2.32. The van der Waals surface area contributed by atoms with Gasteiger partial charge in [0, 0.05) is 49.0 Å². The van der Waals surface area contributed by atoms with E-state index in [0.29, 0.717) is 19.6 Å². The second-order valence-electron chi connectivity index (χ2n) is 14.1. The molecule has 0 aliphatic rings. The van der Waals surface area contributed by atoms with E-state index in [1.165, 1.54) is 50.5 Å². The van der Waals surface area contributed by atoms with Crippen LogP contribution in [0.1, 0.15) is 135 Å². The number of hydrogen-bond acceptors (Lipinski definition) is 5. The summed E-state index contributed by atoms with van der Waals surface area (Å²) in [7, 11) is 3.86. The van der Waals surface area contributed by atoms with Gasteiger partial charge in [0.2, 0.25) is 5.91 Å². The van der Waals surface area contributed by atoms with Gasteiger partial charge in [0.15, 0.2) is 5.17 Å². The highest BCUT2D eigenvalue weighted by atomic mass is 32.2. The molecule has 0 unspecified atom stereocenters. The number of hydrogen-bond donors (Lipinski definition) is 2. The van der Waals surface area contributed by atoms with Crippen LogP contribution in [0, 0.1) is 0 Å². The van der Waals surface area contributed by atoms with Crippen molar-refractivity contribution in [2.45, 2.75) is 136 Å². The standard InChI is InChI=1S/C44H64N4O2S.C2H6/c1-9-12-14-16-18-30-50-41-32-40(51-43(45-7)48(8)34(4)36-21-24-38(25-22-36)44(5,6)11-3)28-23-37(41)33-47-39-26-19-35(20-27-39)31-42(49)46-29-17-15-13-10-2;1-2/h19-28,32,47H,4,9-18,29-31,33H2,1-3,5-8H3,(H,46,49);1-2H3. The number of ether oxygens (including phenoxy) is 1. The highest BCUT2D eigenvalue weighted by molar-refractivity contribution is 8.13. The molecule has 3 aromatic rings. The molecule has 3 aromatic carbocycles. The molecule has 0 aliphatic heterocycles. The van der Waals surface area contributed by atoms with Gasteiger partial charge < -0.3 is 20.3 Å². The fraction of sp³-hybridized carbons (Fsp3) is 0.522. The molecule has 3 rings (SSSR count).